The third-order valence-electron chi connectivity index (χ3n) is 2.43. The first-order valence-electron chi connectivity index (χ1n) is 5.57. The maximum absolute atomic E-state index is 5.36. The third kappa shape index (κ3) is 2.52. The van der Waals surface area contributed by atoms with E-state index in [1.165, 1.54) is 0 Å². The molecule has 0 bridgehead atoms. The van der Waals surface area contributed by atoms with Crippen LogP contribution in [0.25, 0.3) is 10.9 Å². The molecular weight excluding hydrogens is 202 g/mol. The van der Waals surface area contributed by atoms with E-state index in [1.807, 2.05) is 13.1 Å². The van der Waals surface area contributed by atoms with E-state index in [0.29, 0.717) is 6.04 Å². The van der Waals surface area contributed by atoms with Gasteiger partial charge in [0.15, 0.2) is 0 Å². The lowest BCUT2D eigenvalue weighted by Gasteiger charge is -2.14. The molecule has 1 atom stereocenters. The number of rotatable bonds is 5. The number of aromatic amines is 1. The van der Waals surface area contributed by atoms with E-state index >= 15 is 0 Å². The number of nitrogens with one attached hydrogen (secondary N) is 2. The van der Waals surface area contributed by atoms with E-state index < -0.39 is 0 Å². The number of hydrogen-bond donors (Lipinski definition) is 2. The second-order valence-electron chi connectivity index (χ2n) is 3.88. The number of benzene rings is 1. The summed E-state index contributed by atoms with van der Waals surface area (Å²) in [6.07, 6.45) is 1.82. The predicted octanol–water partition coefficient (Wildman–Crippen LogP) is 2.40. The van der Waals surface area contributed by atoms with Gasteiger partial charge < -0.3 is 10.1 Å². The number of anilines is 1. The van der Waals surface area contributed by atoms with Gasteiger partial charge in [-0.05, 0) is 32.0 Å². The summed E-state index contributed by atoms with van der Waals surface area (Å²) in [4.78, 5) is 0. The lowest BCUT2D eigenvalue weighted by Crippen LogP contribution is -2.21. The van der Waals surface area contributed by atoms with Gasteiger partial charge in [-0.2, -0.15) is 5.10 Å². The zero-order valence-corrected chi connectivity index (χ0v) is 9.66. The number of hydrogen-bond acceptors (Lipinski definition) is 3. The van der Waals surface area contributed by atoms with Crippen molar-refractivity contribution < 1.29 is 4.74 Å². The Kier molecular flexibility index (Phi) is 3.41. The highest BCUT2D eigenvalue weighted by Crippen LogP contribution is 2.17. The van der Waals surface area contributed by atoms with Crippen LogP contribution in [0.2, 0.25) is 0 Å². The van der Waals surface area contributed by atoms with Gasteiger partial charge in [0.05, 0.1) is 18.3 Å². The zero-order chi connectivity index (χ0) is 11.4. The molecule has 0 aliphatic heterocycles. The molecule has 1 aromatic heterocycles. The molecule has 4 nitrogen and oxygen atoms in total. The molecule has 0 aliphatic carbocycles. The van der Waals surface area contributed by atoms with Crippen LogP contribution in [-0.2, 0) is 4.74 Å². The van der Waals surface area contributed by atoms with Crippen LogP contribution in [0.5, 0.6) is 0 Å². The van der Waals surface area contributed by atoms with Crippen molar-refractivity contribution in [2.45, 2.75) is 19.9 Å². The van der Waals surface area contributed by atoms with E-state index in [2.05, 4.69) is 40.6 Å². The Bertz CT molecular complexity index is 452. The molecular formula is C12H17N3O. The second kappa shape index (κ2) is 4.99. The monoisotopic (exact) mass is 219 g/mol. The van der Waals surface area contributed by atoms with E-state index in [1.54, 1.807) is 0 Å². The Morgan fingerprint density at radius 1 is 1.50 bits per heavy atom. The minimum atomic E-state index is 0.306. The van der Waals surface area contributed by atoms with Gasteiger partial charge in [0.25, 0.3) is 0 Å². The third-order valence-corrected chi connectivity index (χ3v) is 2.43. The molecule has 0 fully saturated rings. The fourth-order valence-corrected chi connectivity index (χ4v) is 1.65. The van der Waals surface area contributed by atoms with Crippen molar-refractivity contribution in [2.24, 2.45) is 0 Å². The van der Waals surface area contributed by atoms with Gasteiger partial charge in [-0.25, -0.2) is 0 Å². The quantitative estimate of drug-likeness (QED) is 0.811. The van der Waals surface area contributed by atoms with Crippen LogP contribution in [-0.4, -0.2) is 29.5 Å². The minimum absolute atomic E-state index is 0.306. The second-order valence-corrected chi connectivity index (χ2v) is 3.88. The summed E-state index contributed by atoms with van der Waals surface area (Å²) >= 11 is 0. The summed E-state index contributed by atoms with van der Waals surface area (Å²) in [6.45, 7) is 5.58. The molecule has 1 heterocycles. The number of fused-ring (bicyclic) bond motifs is 1. The van der Waals surface area contributed by atoms with Gasteiger partial charge in [0, 0.05) is 23.7 Å². The highest BCUT2D eigenvalue weighted by atomic mass is 16.5. The summed E-state index contributed by atoms with van der Waals surface area (Å²) in [7, 11) is 0. The highest BCUT2D eigenvalue weighted by Gasteiger charge is 2.03. The van der Waals surface area contributed by atoms with Crippen molar-refractivity contribution >= 4 is 16.6 Å². The highest BCUT2D eigenvalue weighted by molar-refractivity contribution is 5.81. The van der Waals surface area contributed by atoms with Crippen LogP contribution >= 0.6 is 0 Å². The smallest absolute Gasteiger partial charge is 0.0670 e. The molecule has 0 aliphatic rings. The summed E-state index contributed by atoms with van der Waals surface area (Å²) in [6, 6.07) is 6.47. The molecule has 86 valence electrons. The molecule has 2 aromatic rings. The summed E-state index contributed by atoms with van der Waals surface area (Å²) in [5.74, 6) is 0. The molecule has 0 saturated heterocycles. The Labute approximate surface area is 95.0 Å². The van der Waals surface area contributed by atoms with Gasteiger partial charge in [-0.1, -0.05) is 0 Å². The first kappa shape index (κ1) is 11.0. The van der Waals surface area contributed by atoms with Crippen molar-refractivity contribution in [3.63, 3.8) is 0 Å². The van der Waals surface area contributed by atoms with Crippen molar-refractivity contribution in [2.75, 3.05) is 18.5 Å². The fraction of sp³-hybridized carbons (Fsp3) is 0.417. The predicted molar refractivity (Wildman–Crippen MR) is 65.7 cm³/mol. The van der Waals surface area contributed by atoms with Crippen molar-refractivity contribution in [1.82, 2.24) is 10.2 Å². The van der Waals surface area contributed by atoms with E-state index in [9.17, 15) is 0 Å². The first-order chi connectivity index (χ1) is 7.79. The lowest BCUT2D eigenvalue weighted by molar-refractivity contribution is 0.141. The average molecular weight is 219 g/mol. The van der Waals surface area contributed by atoms with Crippen LogP contribution in [0.15, 0.2) is 24.4 Å². The van der Waals surface area contributed by atoms with E-state index in [-0.39, 0.29) is 0 Å². The first-order valence-corrected chi connectivity index (χ1v) is 5.57. The Balaban J connectivity index is 2.03. The Hall–Kier alpha value is -1.55. The molecule has 16 heavy (non-hydrogen) atoms. The standard InChI is InChI=1S/C12H17N3O/c1-3-16-8-9(2)14-11-5-4-10-7-13-15-12(10)6-11/h4-7,9,14H,3,8H2,1-2H3,(H,13,15). The summed E-state index contributed by atoms with van der Waals surface area (Å²) in [5.41, 5.74) is 2.14. The molecule has 2 rings (SSSR count). The SMILES string of the molecule is CCOCC(C)Nc1ccc2cn[nH]c2c1. The van der Waals surface area contributed by atoms with Gasteiger partial charge in [0.1, 0.15) is 0 Å². The molecule has 0 saturated carbocycles. The van der Waals surface area contributed by atoms with Crippen LogP contribution in [0, 0.1) is 0 Å². The van der Waals surface area contributed by atoms with Crippen molar-refractivity contribution in [1.29, 1.82) is 0 Å². The van der Waals surface area contributed by atoms with E-state index in [4.69, 9.17) is 4.74 Å². The Morgan fingerprint density at radius 2 is 2.38 bits per heavy atom. The topological polar surface area (TPSA) is 49.9 Å². The number of ether oxygens (including phenoxy) is 1. The average Bonchev–Trinajstić information content (AvgIpc) is 2.73. The Morgan fingerprint density at radius 3 is 3.19 bits per heavy atom. The summed E-state index contributed by atoms with van der Waals surface area (Å²) < 4.78 is 5.36. The maximum atomic E-state index is 5.36. The van der Waals surface area contributed by atoms with Crippen LogP contribution in [0.1, 0.15) is 13.8 Å². The van der Waals surface area contributed by atoms with Gasteiger partial charge >= 0.3 is 0 Å². The molecule has 1 unspecified atom stereocenters. The van der Waals surface area contributed by atoms with Gasteiger partial charge in [-0.15, -0.1) is 0 Å². The molecule has 1 aromatic carbocycles. The molecule has 2 N–H and O–H groups in total. The molecule has 0 radical (unpaired) electrons. The van der Waals surface area contributed by atoms with Crippen molar-refractivity contribution in [3.8, 4) is 0 Å². The number of H-pyrrole nitrogens is 1. The maximum Gasteiger partial charge on any atom is 0.0670 e. The lowest BCUT2D eigenvalue weighted by atomic mass is 10.2. The van der Waals surface area contributed by atoms with Crippen molar-refractivity contribution in [3.05, 3.63) is 24.4 Å². The minimum Gasteiger partial charge on any atom is -0.380 e. The molecule has 4 heteroatoms. The van der Waals surface area contributed by atoms with Crippen LogP contribution in [0.4, 0.5) is 5.69 Å². The summed E-state index contributed by atoms with van der Waals surface area (Å²) in [5, 5.41) is 11.5. The number of nitrogens with zero attached hydrogens (tertiary/aromatic N) is 1. The largest absolute Gasteiger partial charge is 0.380 e. The fourth-order valence-electron chi connectivity index (χ4n) is 1.65. The normalized spacial score (nSPS) is 12.9. The van der Waals surface area contributed by atoms with Gasteiger partial charge in [-0.3, -0.25) is 5.10 Å². The molecule has 0 spiro atoms. The molecule has 0 amide bonds. The zero-order valence-electron chi connectivity index (χ0n) is 9.66. The van der Waals surface area contributed by atoms with Gasteiger partial charge in [0.2, 0.25) is 0 Å². The number of aromatic nitrogens is 2. The van der Waals surface area contributed by atoms with E-state index in [0.717, 1.165) is 29.8 Å². The van der Waals surface area contributed by atoms with Crippen LogP contribution in [0.3, 0.4) is 0 Å². The van der Waals surface area contributed by atoms with Crippen LogP contribution < -0.4 is 5.32 Å².